The Balaban J connectivity index is 2.03. The minimum absolute atomic E-state index is 0.206. The maximum Gasteiger partial charge on any atom is 0.329 e. The van der Waals surface area contributed by atoms with Crippen molar-refractivity contribution in [2.24, 2.45) is 11.8 Å². The summed E-state index contributed by atoms with van der Waals surface area (Å²) >= 11 is 0. The third-order valence-electron chi connectivity index (χ3n) is 4.12. The number of carbonyl (C=O) groups excluding carboxylic acids is 2. The summed E-state index contributed by atoms with van der Waals surface area (Å²) in [5.74, 6) is -2.60. The Morgan fingerprint density at radius 1 is 1.10 bits per heavy atom. The number of ether oxygens (including phenoxy) is 1. The summed E-state index contributed by atoms with van der Waals surface area (Å²) in [5, 5.41) is 9.06. The molecular weight excluding hydrogens is 274 g/mol. The molecule has 0 aromatic rings. The van der Waals surface area contributed by atoms with Gasteiger partial charge in [0.05, 0.1) is 11.8 Å². The number of esters is 1. The van der Waals surface area contributed by atoms with E-state index in [0.717, 1.165) is 6.42 Å². The van der Waals surface area contributed by atoms with E-state index in [2.05, 4.69) is 0 Å². The van der Waals surface area contributed by atoms with E-state index in [1.807, 2.05) is 0 Å². The van der Waals surface area contributed by atoms with Gasteiger partial charge >= 0.3 is 11.9 Å². The van der Waals surface area contributed by atoms with Crippen LogP contribution in [0, 0.1) is 11.8 Å². The van der Waals surface area contributed by atoms with Crippen LogP contribution in [-0.4, -0.2) is 46.0 Å². The van der Waals surface area contributed by atoms with Crippen LogP contribution >= 0.6 is 0 Å². The number of hydrogen-bond acceptors (Lipinski definition) is 4. The van der Waals surface area contributed by atoms with Gasteiger partial charge in [0.2, 0.25) is 5.91 Å². The third-order valence-corrected chi connectivity index (χ3v) is 4.12. The van der Waals surface area contributed by atoms with Crippen LogP contribution in [0.25, 0.3) is 0 Å². The Bertz CT molecular complexity index is 453. The minimum atomic E-state index is -0.924. The lowest BCUT2D eigenvalue weighted by molar-refractivity contribution is -0.166. The highest BCUT2D eigenvalue weighted by Crippen LogP contribution is 2.37. The zero-order chi connectivity index (χ0) is 15.8. The van der Waals surface area contributed by atoms with Crippen LogP contribution in [0.3, 0.4) is 0 Å². The summed E-state index contributed by atoms with van der Waals surface area (Å²) in [5.41, 5.74) is -0.589. The van der Waals surface area contributed by atoms with Gasteiger partial charge in [0.1, 0.15) is 11.6 Å². The minimum Gasteiger partial charge on any atom is -0.481 e. The molecule has 1 aliphatic heterocycles. The molecule has 1 aliphatic carbocycles. The van der Waals surface area contributed by atoms with Crippen LogP contribution in [-0.2, 0) is 19.1 Å². The average molecular weight is 297 g/mol. The monoisotopic (exact) mass is 297 g/mol. The van der Waals surface area contributed by atoms with E-state index in [9.17, 15) is 14.4 Å². The number of likely N-dealkylation sites (tertiary alicyclic amines) is 1. The Labute approximate surface area is 124 Å². The molecule has 1 N–H and O–H groups in total. The normalized spacial score (nSPS) is 28.9. The van der Waals surface area contributed by atoms with Crippen LogP contribution in [0.1, 0.15) is 46.5 Å². The van der Waals surface area contributed by atoms with Crippen LogP contribution in [0.15, 0.2) is 0 Å². The molecule has 0 aromatic carbocycles. The number of amides is 1. The summed E-state index contributed by atoms with van der Waals surface area (Å²) in [7, 11) is 0. The van der Waals surface area contributed by atoms with Gasteiger partial charge in [0.15, 0.2) is 0 Å². The lowest BCUT2D eigenvalue weighted by Crippen LogP contribution is -2.50. The topological polar surface area (TPSA) is 83.9 Å². The Kier molecular flexibility index (Phi) is 4.25. The third kappa shape index (κ3) is 3.36. The van der Waals surface area contributed by atoms with Crippen molar-refractivity contribution in [3.05, 3.63) is 0 Å². The van der Waals surface area contributed by atoms with Gasteiger partial charge in [-0.15, -0.1) is 0 Å². The zero-order valence-corrected chi connectivity index (χ0v) is 12.8. The van der Waals surface area contributed by atoms with Crippen LogP contribution in [0.2, 0.25) is 0 Å². The fraction of sp³-hybridized carbons (Fsp3) is 0.800. The number of aliphatic carboxylic acids is 1. The highest BCUT2D eigenvalue weighted by Gasteiger charge is 2.47. The van der Waals surface area contributed by atoms with Gasteiger partial charge < -0.3 is 14.7 Å². The second-order valence-electron chi connectivity index (χ2n) is 6.85. The SMILES string of the molecule is CC(C)(C)OC(=O)[C@@H]1CCCN1C(=O)C1CCC1C(=O)O. The van der Waals surface area contributed by atoms with Crippen molar-refractivity contribution in [1.82, 2.24) is 4.90 Å². The average Bonchev–Trinajstić information content (AvgIpc) is 2.72. The Morgan fingerprint density at radius 2 is 1.71 bits per heavy atom. The molecule has 2 fully saturated rings. The van der Waals surface area contributed by atoms with Gasteiger partial charge in [-0.1, -0.05) is 0 Å². The van der Waals surface area contributed by atoms with Gasteiger partial charge in [0.25, 0.3) is 0 Å². The first-order chi connectivity index (χ1) is 9.70. The second-order valence-corrected chi connectivity index (χ2v) is 6.85. The standard InChI is InChI=1S/C15H23NO5/c1-15(2,3)21-14(20)11-5-4-8-16(11)12(17)9-6-7-10(9)13(18)19/h9-11H,4-8H2,1-3H3,(H,18,19)/t9?,10?,11-/m0/s1. The molecular formula is C15H23NO5. The zero-order valence-electron chi connectivity index (χ0n) is 12.8. The van der Waals surface area contributed by atoms with Gasteiger partial charge in [-0.25, -0.2) is 4.79 Å². The number of hydrogen-bond donors (Lipinski definition) is 1. The second kappa shape index (κ2) is 5.66. The van der Waals surface area contributed by atoms with E-state index >= 15 is 0 Å². The van der Waals surface area contributed by atoms with Crippen LogP contribution in [0.5, 0.6) is 0 Å². The number of carboxylic acid groups (broad SMARTS) is 1. The molecule has 1 saturated carbocycles. The van der Waals surface area contributed by atoms with Gasteiger partial charge in [-0.05, 0) is 46.5 Å². The van der Waals surface area contributed by atoms with Crippen LogP contribution < -0.4 is 0 Å². The molecule has 6 heteroatoms. The van der Waals surface area contributed by atoms with E-state index in [4.69, 9.17) is 9.84 Å². The Hall–Kier alpha value is -1.59. The Morgan fingerprint density at radius 3 is 2.19 bits per heavy atom. The summed E-state index contributed by atoms with van der Waals surface area (Å²) in [6.07, 6.45) is 2.47. The number of carboxylic acids is 1. The molecule has 0 aromatic heterocycles. The molecule has 6 nitrogen and oxygen atoms in total. The lowest BCUT2D eigenvalue weighted by Gasteiger charge is -2.37. The molecule has 1 heterocycles. The molecule has 21 heavy (non-hydrogen) atoms. The van der Waals surface area contributed by atoms with Crippen molar-refractivity contribution in [2.75, 3.05) is 6.54 Å². The van der Waals surface area contributed by atoms with Gasteiger partial charge in [0, 0.05) is 6.54 Å². The highest BCUT2D eigenvalue weighted by molar-refractivity contribution is 5.90. The molecule has 3 atom stereocenters. The number of rotatable bonds is 3. The molecule has 118 valence electrons. The lowest BCUT2D eigenvalue weighted by atomic mass is 9.73. The number of nitrogens with zero attached hydrogens (tertiary/aromatic N) is 1. The van der Waals surface area contributed by atoms with E-state index in [1.165, 1.54) is 4.90 Å². The van der Waals surface area contributed by atoms with Crippen molar-refractivity contribution < 1.29 is 24.2 Å². The summed E-state index contributed by atoms with van der Waals surface area (Å²) < 4.78 is 5.36. The first-order valence-electron chi connectivity index (χ1n) is 7.47. The van der Waals surface area contributed by atoms with Crippen molar-refractivity contribution in [2.45, 2.75) is 58.1 Å². The largest absolute Gasteiger partial charge is 0.481 e. The van der Waals surface area contributed by atoms with E-state index in [1.54, 1.807) is 20.8 Å². The van der Waals surface area contributed by atoms with Crippen molar-refractivity contribution in [3.63, 3.8) is 0 Å². The molecule has 2 aliphatic rings. The molecule has 1 amide bonds. The van der Waals surface area contributed by atoms with Crippen molar-refractivity contribution >= 4 is 17.8 Å². The van der Waals surface area contributed by atoms with Gasteiger partial charge in [-0.3, -0.25) is 9.59 Å². The molecule has 2 rings (SSSR count). The summed E-state index contributed by atoms with van der Waals surface area (Å²) in [6, 6.07) is -0.563. The molecule has 1 saturated heterocycles. The molecule has 0 bridgehead atoms. The maximum atomic E-state index is 12.5. The predicted molar refractivity (Wildman–Crippen MR) is 74.4 cm³/mol. The first-order valence-corrected chi connectivity index (χ1v) is 7.47. The van der Waals surface area contributed by atoms with Crippen LogP contribution in [0.4, 0.5) is 0 Å². The highest BCUT2D eigenvalue weighted by atomic mass is 16.6. The smallest absolute Gasteiger partial charge is 0.329 e. The number of carbonyl (C=O) groups is 3. The molecule has 0 radical (unpaired) electrons. The summed E-state index contributed by atoms with van der Waals surface area (Å²) in [6.45, 7) is 5.88. The van der Waals surface area contributed by atoms with E-state index < -0.39 is 29.4 Å². The summed E-state index contributed by atoms with van der Waals surface area (Å²) in [4.78, 5) is 37.2. The van der Waals surface area contributed by atoms with E-state index in [0.29, 0.717) is 25.8 Å². The predicted octanol–water partition coefficient (Wildman–Crippen LogP) is 1.43. The fourth-order valence-electron chi connectivity index (χ4n) is 2.95. The quantitative estimate of drug-likeness (QED) is 0.797. The fourth-order valence-corrected chi connectivity index (χ4v) is 2.95. The first kappa shape index (κ1) is 15.8. The molecule has 0 spiro atoms. The molecule has 2 unspecified atom stereocenters. The van der Waals surface area contributed by atoms with E-state index in [-0.39, 0.29) is 11.9 Å². The van der Waals surface area contributed by atoms with Gasteiger partial charge in [-0.2, -0.15) is 0 Å². The van der Waals surface area contributed by atoms with Crippen molar-refractivity contribution in [1.29, 1.82) is 0 Å². The maximum absolute atomic E-state index is 12.5. The van der Waals surface area contributed by atoms with Crippen molar-refractivity contribution in [3.8, 4) is 0 Å².